The van der Waals surface area contributed by atoms with Crippen LogP contribution < -0.4 is 80.9 Å². The van der Waals surface area contributed by atoms with Crippen molar-refractivity contribution in [3.63, 3.8) is 0 Å². The van der Waals surface area contributed by atoms with Crippen LogP contribution in [-0.4, -0.2) is 27.4 Å². The molecule has 0 aromatic carbocycles. The summed E-state index contributed by atoms with van der Waals surface area (Å²) in [6.07, 6.45) is -1.83. The van der Waals surface area contributed by atoms with Crippen molar-refractivity contribution in [2.24, 2.45) is 0 Å². The summed E-state index contributed by atoms with van der Waals surface area (Å²) in [4.78, 5) is 17.6. The van der Waals surface area contributed by atoms with Crippen LogP contribution in [0.1, 0.15) is 9.78 Å². The summed E-state index contributed by atoms with van der Waals surface area (Å²) in [5.41, 5.74) is 0. The Hall–Kier alpha value is 1.38. The molecule has 10 heavy (non-hydrogen) atoms. The molecule has 0 aliphatic carbocycles. The second kappa shape index (κ2) is 16.8. The van der Waals surface area contributed by atoms with E-state index in [1.807, 2.05) is 0 Å². The van der Waals surface area contributed by atoms with Crippen LogP contribution in [0.3, 0.4) is 0 Å². The third-order valence-corrected chi connectivity index (χ3v) is 0. The number of carboxylic acids is 1. The fourth-order valence-electron chi connectivity index (χ4n) is 0. The molecule has 5 nitrogen and oxygen atoms in total. The van der Waals surface area contributed by atoms with Gasteiger partial charge in [0.25, 0.3) is 5.97 Å². The summed E-state index contributed by atoms with van der Waals surface area (Å²) in [6.45, 7) is 1.08. The third kappa shape index (κ3) is 347. The van der Waals surface area contributed by atoms with E-state index >= 15 is 0 Å². The Balaban J connectivity index is -0.0000000112. The summed E-state index contributed by atoms with van der Waals surface area (Å²) in [6, 6.07) is 0. The number of carboxylic acid groups (broad SMARTS) is 3. The number of carbonyl (C=O) groups is 2. The van der Waals surface area contributed by atoms with E-state index in [0.29, 0.717) is 0 Å². The normalized spacial score (nSPS) is 4.90. The van der Waals surface area contributed by atoms with Crippen LogP contribution in [0.5, 0.6) is 0 Å². The van der Waals surface area contributed by atoms with Gasteiger partial charge in [-0.3, -0.25) is 4.79 Å². The van der Waals surface area contributed by atoms with E-state index in [0.717, 1.165) is 6.92 Å². The molecule has 0 unspecified atom stereocenters. The van der Waals surface area contributed by atoms with Crippen LogP contribution in [0.2, 0.25) is 0 Å². The zero-order valence-electron chi connectivity index (χ0n) is 8.16. The number of hydrogen-bond donors (Lipinski definition) is 3. The molecule has 0 radical (unpaired) electrons. The van der Waals surface area contributed by atoms with Crippen LogP contribution in [0, 0.1) is 0 Å². The minimum atomic E-state index is -1.83. The fraction of sp³-hybridized carbons (Fsp3) is 0.333. The molecule has 52 valence electrons. The molecule has 7 heteroatoms. The monoisotopic (exact) mass is 186 g/mol. The van der Waals surface area contributed by atoms with Crippen molar-refractivity contribution in [2.45, 2.75) is 6.92 Å². The van der Waals surface area contributed by atoms with Gasteiger partial charge in [-0.25, -0.2) is 4.79 Å². The van der Waals surface area contributed by atoms with Crippen LogP contribution in [0.25, 0.3) is 0 Å². The predicted molar refractivity (Wildman–Crippen MR) is 26.2 cm³/mol. The molecule has 0 atom stereocenters. The molecule has 0 spiro atoms. The molecule has 0 heterocycles. The van der Waals surface area contributed by atoms with Gasteiger partial charge in [0.1, 0.15) is 0 Å². The summed E-state index contributed by atoms with van der Waals surface area (Å²) in [7, 11) is 0. The molecule has 0 saturated carbocycles. The average Bonchev–Trinajstić information content (AvgIpc) is 1.25. The minimum Gasteiger partial charge on any atom is -1.00 e. The average molecular weight is 186 g/mol. The standard InChI is InChI=1S/C2H4O2.CH2O3.K.Na.2H/c1-2(3)4;2-1(3)4;;;;/h1H3,(H,3,4);(H2,2,3,4);;;;/q;;2*+1;2*-1. The van der Waals surface area contributed by atoms with Gasteiger partial charge in [-0.05, 0) is 0 Å². The summed E-state index contributed by atoms with van der Waals surface area (Å²) in [5.74, 6) is -0.833. The molecule has 0 fully saturated rings. The Morgan fingerprint density at radius 3 is 1.20 bits per heavy atom. The molecule has 0 rings (SSSR count). The summed E-state index contributed by atoms with van der Waals surface area (Å²) >= 11 is 0. The van der Waals surface area contributed by atoms with Gasteiger partial charge in [0.15, 0.2) is 0 Å². The van der Waals surface area contributed by atoms with Crippen LogP contribution in [0.4, 0.5) is 4.79 Å². The van der Waals surface area contributed by atoms with Crippen LogP contribution in [0.15, 0.2) is 0 Å². The first-order chi connectivity index (χ1) is 3.46. The first kappa shape index (κ1) is 22.5. The SMILES string of the molecule is CC(=O)O.O=C(O)O.[H-].[H-].[K+].[Na+]. The summed E-state index contributed by atoms with van der Waals surface area (Å²) in [5, 5.41) is 21.4. The van der Waals surface area contributed by atoms with Gasteiger partial charge < -0.3 is 18.2 Å². The largest absolute Gasteiger partial charge is 1.00 e. The Morgan fingerprint density at radius 1 is 1.20 bits per heavy atom. The first-order valence-corrected chi connectivity index (χ1v) is 1.58. The van der Waals surface area contributed by atoms with Gasteiger partial charge in [0, 0.05) is 6.92 Å². The molecule has 0 aromatic heterocycles. The van der Waals surface area contributed by atoms with Gasteiger partial charge in [-0.2, -0.15) is 0 Å². The van der Waals surface area contributed by atoms with Gasteiger partial charge in [-0.1, -0.05) is 0 Å². The quantitative estimate of drug-likeness (QED) is 0.328. The van der Waals surface area contributed by atoms with Crippen molar-refractivity contribution in [1.29, 1.82) is 0 Å². The van der Waals surface area contributed by atoms with Gasteiger partial charge in [0.05, 0.1) is 0 Å². The topological polar surface area (TPSA) is 94.8 Å². The van der Waals surface area contributed by atoms with E-state index in [1.165, 1.54) is 0 Å². The number of aliphatic carboxylic acids is 1. The predicted octanol–water partition coefficient (Wildman–Crippen LogP) is -5.45. The van der Waals surface area contributed by atoms with E-state index in [4.69, 9.17) is 24.9 Å². The third-order valence-electron chi connectivity index (χ3n) is 0. The second-order valence-corrected chi connectivity index (χ2v) is 0.802. The molecule has 0 saturated heterocycles. The Morgan fingerprint density at radius 2 is 1.20 bits per heavy atom. The summed E-state index contributed by atoms with van der Waals surface area (Å²) < 4.78 is 0. The van der Waals surface area contributed by atoms with Gasteiger partial charge in [-0.15, -0.1) is 0 Å². The number of hydrogen-bond acceptors (Lipinski definition) is 2. The smallest absolute Gasteiger partial charge is 1.00 e. The van der Waals surface area contributed by atoms with Crippen LogP contribution >= 0.6 is 0 Å². The molecule has 0 aromatic rings. The zero-order chi connectivity index (χ0) is 7.15. The van der Waals surface area contributed by atoms with Crippen molar-refractivity contribution in [1.82, 2.24) is 0 Å². The van der Waals surface area contributed by atoms with E-state index in [-0.39, 0.29) is 83.8 Å². The fourth-order valence-corrected chi connectivity index (χ4v) is 0. The van der Waals surface area contributed by atoms with Crippen LogP contribution in [-0.2, 0) is 4.79 Å². The maximum atomic E-state index is 9.00. The van der Waals surface area contributed by atoms with E-state index in [1.54, 1.807) is 0 Å². The molecule has 0 amide bonds. The zero-order valence-corrected chi connectivity index (χ0v) is 11.3. The minimum absolute atomic E-state index is 0. The van der Waals surface area contributed by atoms with E-state index in [2.05, 4.69) is 0 Å². The van der Waals surface area contributed by atoms with Crippen molar-refractivity contribution in [3.05, 3.63) is 0 Å². The molecule has 0 aliphatic heterocycles. The Labute approximate surface area is 125 Å². The van der Waals surface area contributed by atoms with Gasteiger partial charge >= 0.3 is 87.1 Å². The second-order valence-electron chi connectivity index (χ2n) is 0.802. The maximum Gasteiger partial charge on any atom is 1.00 e. The first-order valence-electron chi connectivity index (χ1n) is 1.58. The molecule has 0 aliphatic rings. The van der Waals surface area contributed by atoms with Gasteiger partial charge in [0.2, 0.25) is 0 Å². The molecular formula is C3H8KNaO5. The van der Waals surface area contributed by atoms with E-state index in [9.17, 15) is 0 Å². The maximum absolute atomic E-state index is 9.00. The molecule has 3 N–H and O–H groups in total. The molecule has 0 bridgehead atoms. The van der Waals surface area contributed by atoms with Crippen molar-refractivity contribution in [3.8, 4) is 0 Å². The Kier molecular flexibility index (Phi) is 37.7. The van der Waals surface area contributed by atoms with Crippen molar-refractivity contribution >= 4 is 12.1 Å². The van der Waals surface area contributed by atoms with E-state index < -0.39 is 12.1 Å². The Bertz CT molecular complexity index is 82.7. The number of rotatable bonds is 0. The van der Waals surface area contributed by atoms with Crippen molar-refractivity contribution < 1.29 is 109 Å². The van der Waals surface area contributed by atoms with Crippen molar-refractivity contribution in [2.75, 3.05) is 0 Å². The molecular weight excluding hydrogens is 178 g/mol.